The molecule has 1 saturated heterocycles. The number of furan rings is 1. The van der Waals surface area contributed by atoms with Crippen molar-refractivity contribution in [3.63, 3.8) is 0 Å². The Kier molecular flexibility index (Phi) is 5.43. The van der Waals surface area contributed by atoms with Gasteiger partial charge in [0.05, 0.1) is 38.3 Å². The van der Waals surface area contributed by atoms with Gasteiger partial charge in [0.2, 0.25) is 5.91 Å². The highest BCUT2D eigenvalue weighted by Gasteiger charge is 2.18. The van der Waals surface area contributed by atoms with Crippen LogP contribution in [0.25, 0.3) is 21.9 Å². The Labute approximate surface area is 168 Å². The summed E-state index contributed by atoms with van der Waals surface area (Å²) in [6.07, 6.45) is 0.0178. The zero-order chi connectivity index (χ0) is 20.5. The van der Waals surface area contributed by atoms with E-state index < -0.39 is 5.63 Å². The van der Waals surface area contributed by atoms with Gasteiger partial charge in [0.15, 0.2) is 0 Å². The van der Waals surface area contributed by atoms with Gasteiger partial charge in [0.1, 0.15) is 30.0 Å². The molecule has 1 aliphatic heterocycles. The molecule has 154 valence electrons. The first-order valence-electron chi connectivity index (χ1n) is 10.1. The SMILES string of the molecule is Cc1oc2cc3oc(=O)c(CC(=O)NCC[NH+]4CCOCC4)c(C)c3cc2c1C. The Morgan fingerprint density at radius 3 is 2.48 bits per heavy atom. The summed E-state index contributed by atoms with van der Waals surface area (Å²) in [5, 5.41) is 4.76. The van der Waals surface area contributed by atoms with E-state index in [2.05, 4.69) is 5.32 Å². The Hall–Kier alpha value is -2.64. The van der Waals surface area contributed by atoms with E-state index in [4.69, 9.17) is 13.6 Å². The Morgan fingerprint density at radius 1 is 1.03 bits per heavy atom. The van der Waals surface area contributed by atoms with Gasteiger partial charge in [-0.1, -0.05) is 0 Å². The molecular formula is C22H27N2O5+. The van der Waals surface area contributed by atoms with Gasteiger partial charge in [-0.2, -0.15) is 0 Å². The highest BCUT2D eigenvalue weighted by Crippen LogP contribution is 2.30. The first kappa shape index (κ1) is 19.7. The lowest BCUT2D eigenvalue weighted by Crippen LogP contribution is -3.14. The summed E-state index contributed by atoms with van der Waals surface area (Å²) < 4.78 is 16.6. The molecule has 2 N–H and O–H groups in total. The third-order valence-electron chi connectivity index (χ3n) is 5.92. The monoisotopic (exact) mass is 399 g/mol. The third-order valence-corrected chi connectivity index (χ3v) is 5.92. The molecule has 7 heteroatoms. The van der Waals surface area contributed by atoms with Crippen molar-refractivity contribution in [2.45, 2.75) is 27.2 Å². The molecule has 1 aromatic carbocycles. The summed E-state index contributed by atoms with van der Waals surface area (Å²) >= 11 is 0. The van der Waals surface area contributed by atoms with Crippen LogP contribution in [0.15, 0.2) is 25.8 Å². The van der Waals surface area contributed by atoms with Crippen LogP contribution in [0.3, 0.4) is 0 Å². The fraction of sp³-hybridized carbons (Fsp3) is 0.455. The number of rotatable bonds is 5. The van der Waals surface area contributed by atoms with Crippen molar-refractivity contribution in [3.8, 4) is 0 Å². The normalized spacial score (nSPS) is 15.3. The number of hydrogen-bond donors (Lipinski definition) is 2. The van der Waals surface area contributed by atoms with Gasteiger partial charge in [-0.25, -0.2) is 4.79 Å². The van der Waals surface area contributed by atoms with Gasteiger partial charge < -0.3 is 23.8 Å². The lowest BCUT2D eigenvalue weighted by atomic mass is 10.0. The molecule has 0 aliphatic carbocycles. The molecule has 29 heavy (non-hydrogen) atoms. The van der Waals surface area contributed by atoms with Gasteiger partial charge in [0.25, 0.3) is 0 Å². The van der Waals surface area contributed by atoms with Crippen LogP contribution in [-0.2, 0) is 16.0 Å². The molecule has 3 aromatic rings. The number of nitrogens with one attached hydrogen (secondary N) is 2. The Morgan fingerprint density at radius 2 is 1.72 bits per heavy atom. The molecule has 1 fully saturated rings. The van der Waals surface area contributed by atoms with E-state index in [1.165, 1.54) is 4.90 Å². The van der Waals surface area contributed by atoms with Crippen LogP contribution >= 0.6 is 0 Å². The van der Waals surface area contributed by atoms with Crippen molar-refractivity contribution >= 4 is 27.8 Å². The molecule has 0 saturated carbocycles. The van der Waals surface area contributed by atoms with E-state index in [0.29, 0.717) is 23.3 Å². The maximum absolute atomic E-state index is 12.5. The van der Waals surface area contributed by atoms with Crippen molar-refractivity contribution in [2.24, 2.45) is 0 Å². The van der Waals surface area contributed by atoms with Gasteiger partial charge in [-0.15, -0.1) is 0 Å². The minimum atomic E-state index is -0.469. The average Bonchev–Trinajstić information content (AvgIpc) is 2.98. The second kappa shape index (κ2) is 8.00. The van der Waals surface area contributed by atoms with Gasteiger partial charge in [0, 0.05) is 16.8 Å². The third kappa shape index (κ3) is 3.93. The molecule has 0 spiro atoms. The van der Waals surface area contributed by atoms with Crippen molar-refractivity contribution in [3.05, 3.63) is 45.0 Å². The molecule has 2 aromatic heterocycles. The summed E-state index contributed by atoms with van der Waals surface area (Å²) in [6, 6.07) is 3.74. The van der Waals surface area contributed by atoms with Crippen molar-refractivity contribution in [1.82, 2.24) is 5.32 Å². The molecule has 4 rings (SSSR count). The number of benzene rings is 1. The quantitative estimate of drug-likeness (QED) is 0.626. The predicted molar refractivity (Wildman–Crippen MR) is 110 cm³/mol. The minimum Gasteiger partial charge on any atom is -0.461 e. The highest BCUT2D eigenvalue weighted by molar-refractivity contribution is 5.97. The van der Waals surface area contributed by atoms with Crippen molar-refractivity contribution < 1.29 is 23.3 Å². The smallest absolute Gasteiger partial charge is 0.340 e. The number of quaternary nitrogens is 1. The largest absolute Gasteiger partial charge is 0.461 e. The van der Waals surface area contributed by atoms with Gasteiger partial charge in [-0.05, 0) is 38.0 Å². The van der Waals surface area contributed by atoms with Crippen LogP contribution in [0.1, 0.15) is 22.5 Å². The number of morpholine rings is 1. The zero-order valence-electron chi connectivity index (χ0n) is 17.1. The number of amides is 1. The summed E-state index contributed by atoms with van der Waals surface area (Å²) in [5.74, 6) is 0.682. The topological polar surface area (TPSA) is 86.1 Å². The summed E-state index contributed by atoms with van der Waals surface area (Å²) in [5.41, 5.74) is 2.97. The lowest BCUT2D eigenvalue weighted by molar-refractivity contribution is -0.906. The molecule has 7 nitrogen and oxygen atoms in total. The lowest BCUT2D eigenvalue weighted by Gasteiger charge is -2.23. The molecule has 1 amide bonds. The van der Waals surface area contributed by atoms with E-state index in [9.17, 15) is 9.59 Å². The number of carbonyl (C=O) groups excluding carboxylic acids is 1. The summed E-state index contributed by atoms with van der Waals surface area (Å²) in [7, 11) is 0. The molecule has 0 bridgehead atoms. The number of fused-ring (bicyclic) bond motifs is 2. The van der Waals surface area contributed by atoms with Crippen LogP contribution in [0.4, 0.5) is 0 Å². The Balaban J connectivity index is 1.53. The second-order valence-electron chi connectivity index (χ2n) is 7.76. The van der Waals surface area contributed by atoms with Gasteiger partial charge >= 0.3 is 5.63 Å². The number of hydrogen-bond acceptors (Lipinski definition) is 5. The predicted octanol–water partition coefficient (Wildman–Crippen LogP) is 1.04. The number of carbonyl (C=O) groups is 1. The maximum Gasteiger partial charge on any atom is 0.340 e. The van der Waals surface area contributed by atoms with Gasteiger partial charge in [-0.3, -0.25) is 4.79 Å². The van der Waals surface area contributed by atoms with Crippen LogP contribution in [0.2, 0.25) is 0 Å². The highest BCUT2D eigenvalue weighted by atomic mass is 16.5. The molecule has 0 unspecified atom stereocenters. The molecule has 0 atom stereocenters. The molecular weight excluding hydrogens is 372 g/mol. The van der Waals surface area contributed by atoms with E-state index in [-0.39, 0.29) is 12.3 Å². The zero-order valence-corrected chi connectivity index (χ0v) is 17.1. The molecule has 0 radical (unpaired) electrons. The van der Waals surface area contributed by atoms with E-state index >= 15 is 0 Å². The first-order valence-corrected chi connectivity index (χ1v) is 10.1. The summed E-state index contributed by atoms with van der Waals surface area (Å²) in [6.45, 7) is 10.7. The molecule has 1 aliphatic rings. The van der Waals surface area contributed by atoms with Crippen molar-refractivity contribution in [2.75, 3.05) is 39.4 Å². The summed E-state index contributed by atoms with van der Waals surface area (Å²) in [4.78, 5) is 26.4. The molecule has 3 heterocycles. The minimum absolute atomic E-state index is 0.0178. The van der Waals surface area contributed by atoms with Crippen LogP contribution in [0, 0.1) is 20.8 Å². The van der Waals surface area contributed by atoms with Crippen molar-refractivity contribution in [1.29, 1.82) is 0 Å². The van der Waals surface area contributed by atoms with Crippen LogP contribution < -0.4 is 15.8 Å². The Bertz CT molecular complexity index is 1120. The maximum atomic E-state index is 12.5. The standard InChI is InChI=1S/C22H26N2O5/c1-13-15(3)28-19-12-20-17(10-16(13)19)14(2)18(22(26)29-20)11-21(25)23-4-5-24-6-8-27-9-7-24/h10,12H,4-9,11H2,1-3H3,(H,23,25)/p+1. The number of aryl methyl sites for hydroxylation is 3. The first-order chi connectivity index (χ1) is 13.9. The second-order valence-corrected chi connectivity index (χ2v) is 7.76. The van der Waals surface area contributed by atoms with Crippen LogP contribution in [0.5, 0.6) is 0 Å². The number of ether oxygens (including phenoxy) is 1. The fourth-order valence-corrected chi connectivity index (χ4v) is 3.94. The van der Waals surface area contributed by atoms with E-state index in [0.717, 1.165) is 60.5 Å². The van der Waals surface area contributed by atoms with Crippen LogP contribution in [-0.4, -0.2) is 45.3 Å². The fourth-order valence-electron chi connectivity index (χ4n) is 3.94. The van der Waals surface area contributed by atoms with E-state index in [1.54, 1.807) is 6.07 Å². The average molecular weight is 399 g/mol. The van der Waals surface area contributed by atoms with E-state index in [1.807, 2.05) is 26.8 Å².